The molecule has 0 amide bonds. The molecule has 1 aliphatic rings. The molecule has 1 fully saturated rings. The summed E-state index contributed by atoms with van der Waals surface area (Å²) in [6, 6.07) is 6.02. The summed E-state index contributed by atoms with van der Waals surface area (Å²) in [6.45, 7) is 1.66. The molecule has 2 rings (SSSR count). The van der Waals surface area contributed by atoms with Gasteiger partial charge in [-0.1, -0.05) is 6.07 Å². The maximum atomic E-state index is 12.4. The molecule has 0 heterocycles. The van der Waals surface area contributed by atoms with Crippen molar-refractivity contribution in [3.63, 3.8) is 0 Å². The first-order chi connectivity index (χ1) is 9.83. The number of nitrogens with zero attached hydrogens (tertiary/aromatic N) is 1. The Morgan fingerprint density at radius 2 is 2.14 bits per heavy atom. The maximum absolute atomic E-state index is 12.4. The standard InChI is InChI=1S/C14H16N2O4S/c1-9-2-3-10(8-15)6-13(9)21(19,20)16-12-5-4-11(7-12)14(17)18/h2-3,6,11-12,16H,4-5,7H2,1H3,(H,17,18)/t11-,12+/m0/s1. The lowest BCUT2D eigenvalue weighted by atomic mass is 10.1. The van der Waals surface area contributed by atoms with E-state index in [0.29, 0.717) is 24.8 Å². The fourth-order valence-electron chi connectivity index (χ4n) is 2.55. The zero-order valence-electron chi connectivity index (χ0n) is 11.5. The van der Waals surface area contributed by atoms with E-state index in [1.807, 2.05) is 6.07 Å². The molecule has 0 radical (unpaired) electrons. The van der Waals surface area contributed by atoms with E-state index in [1.54, 1.807) is 19.1 Å². The van der Waals surface area contributed by atoms with Crippen molar-refractivity contribution >= 4 is 16.0 Å². The number of aliphatic carboxylic acids is 1. The van der Waals surface area contributed by atoms with Gasteiger partial charge in [0.15, 0.2) is 0 Å². The van der Waals surface area contributed by atoms with E-state index >= 15 is 0 Å². The second kappa shape index (κ2) is 5.84. The summed E-state index contributed by atoms with van der Waals surface area (Å²) in [6.07, 6.45) is 1.28. The van der Waals surface area contributed by atoms with E-state index < -0.39 is 21.9 Å². The molecule has 0 bridgehead atoms. The van der Waals surface area contributed by atoms with Gasteiger partial charge in [0.25, 0.3) is 0 Å². The number of carbonyl (C=O) groups is 1. The van der Waals surface area contributed by atoms with Gasteiger partial charge in [0, 0.05) is 6.04 Å². The van der Waals surface area contributed by atoms with E-state index in [-0.39, 0.29) is 16.5 Å². The largest absolute Gasteiger partial charge is 0.481 e. The number of rotatable bonds is 4. The number of benzene rings is 1. The number of aryl methyl sites for hydroxylation is 1. The van der Waals surface area contributed by atoms with E-state index in [0.717, 1.165) is 0 Å². The third-order valence-electron chi connectivity index (χ3n) is 3.71. The third kappa shape index (κ3) is 3.40. The molecular formula is C14H16N2O4S. The Labute approximate surface area is 123 Å². The van der Waals surface area contributed by atoms with E-state index in [2.05, 4.69) is 4.72 Å². The van der Waals surface area contributed by atoms with Crippen molar-refractivity contribution in [3.8, 4) is 6.07 Å². The van der Waals surface area contributed by atoms with Gasteiger partial charge in [0.05, 0.1) is 22.4 Å². The molecular weight excluding hydrogens is 292 g/mol. The molecule has 21 heavy (non-hydrogen) atoms. The van der Waals surface area contributed by atoms with Gasteiger partial charge >= 0.3 is 5.97 Å². The lowest BCUT2D eigenvalue weighted by molar-refractivity contribution is -0.141. The summed E-state index contributed by atoms with van der Waals surface area (Å²) in [7, 11) is -3.75. The van der Waals surface area contributed by atoms with Crippen LogP contribution in [0.5, 0.6) is 0 Å². The topological polar surface area (TPSA) is 107 Å². The molecule has 0 saturated heterocycles. The predicted molar refractivity (Wildman–Crippen MR) is 75.0 cm³/mol. The molecule has 0 aliphatic heterocycles. The minimum atomic E-state index is -3.75. The molecule has 2 N–H and O–H groups in total. The third-order valence-corrected chi connectivity index (χ3v) is 5.37. The molecule has 0 spiro atoms. The summed E-state index contributed by atoms with van der Waals surface area (Å²) in [5, 5.41) is 17.8. The van der Waals surface area contributed by atoms with Crippen molar-refractivity contribution in [3.05, 3.63) is 29.3 Å². The number of hydrogen-bond donors (Lipinski definition) is 2. The van der Waals surface area contributed by atoms with Gasteiger partial charge in [0.2, 0.25) is 10.0 Å². The van der Waals surface area contributed by atoms with Crippen molar-refractivity contribution in [1.82, 2.24) is 4.72 Å². The highest BCUT2D eigenvalue weighted by Gasteiger charge is 2.32. The van der Waals surface area contributed by atoms with Crippen LogP contribution in [0, 0.1) is 24.2 Å². The summed E-state index contributed by atoms with van der Waals surface area (Å²) in [5.74, 6) is -1.39. The summed E-state index contributed by atoms with van der Waals surface area (Å²) >= 11 is 0. The van der Waals surface area contributed by atoms with Gasteiger partial charge in [-0.15, -0.1) is 0 Å². The van der Waals surface area contributed by atoms with Crippen molar-refractivity contribution in [1.29, 1.82) is 5.26 Å². The van der Waals surface area contributed by atoms with Crippen molar-refractivity contribution in [2.24, 2.45) is 5.92 Å². The number of sulfonamides is 1. The molecule has 1 aromatic rings. The fourth-order valence-corrected chi connectivity index (χ4v) is 4.11. The Morgan fingerprint density at radius 1 is 1.43 bits per heavy atom. The van der Waals surface area contributed by atoms with Crippen LogP contribution in [-0.4, -0.2) is 25.5 Å². The quantitative estimate of drug-likeness (QED) is 0.874. The van der Waals surface area contributed by atoms with Gasteiger partial charge in [-0.3, -0.25) is 4.79 Å². The number of carboxylic acids is 1. The Morgan fingerprint density at radius 3 is 2.71 bits per heavy atom. The fraction of sp³-hybridized carbons (Fsp3) is 0.429. The molecule has 2 atom stereocenters. The first-order valence-electron chi connectivity index (χ1n) is 6.59. The molecule has 7 heteroatoms. The van der Waals surface area contributed by atoms with Gasteiger partial charge in [-0.05, 0) is 43.9 Å². The molecule has 1 aliphatic carbocycles. The highest BCUT2D eigenvalue weighted by Crippen LogP contribution is 2.27. The van der Waals surface area contributed by atoms with Crippen LogP contribution >= 0.6 is 0 Å². The summed E-state index contributed by atoms with van der Waals surface area (Å²) in [5.41, 5.74) is 0.824. The van der Waals surface area contributed by atoms with Gasteiger partial charge in [-0.2, -0.15) is 5.26 Å². The van der Waals surface area contributed by atoms with Crippen LogP contribution in [0.25, 0.3) is 0 Å². The van der Waals surface area contributed by atoms with Crippen molar-refractivity contribution in [2.45, 2.75) is 37.1 Å². The van der Waals surface area contributed by atoms with Crippen LogP contribution in [0.2, 0.25) is 0 Å². The zero-order chi connectivity index (χ0) is 15.6. The van der Waals surface area contributed by atoms with E-state index in [4.69, 9.17) is 10.4 Å². The number of carboxylic acid groups (broad SMARTS) is 1. The molecule has 112 valence electrons. The molecule has 1 saturated carbocycles. The second-order valence-electron chi connectivity index (χ2n) is 5.26. The number of hydrogen-bond acceptors (Lipinski definition) is 4. The molecule has 0 unspecified atom stereocenters. The monoisotopic (exact) mass is 308 g/mol. The average Bonchev–Trinajstić information content (AvgIpc) is 2.87. The predicted octanol–water partition coefficient (Wildman–Crippen LogP) is 1.40. The molecule has 0 aromatic heterocycles. The van der Waals surface area contributed by atoms with E-state index in [1.165, 1.54) is 6.07 Å². The second-order valence-corrected chi connectivity index (χ2v) is 6.94. The van der Waals surface area contributed by atoms with Crippen LogP contribution in [0.4, 0.5) is 0 Å². The first-order valence-corrected chi connectivity index (χ1v) is 8.07. The summed E-state index contributed by atoms with van der Waals surface area (Å²) < 4.78 is 27.3. The lowest BCUT2D eigenvalue weighted by Gasteiger charge is -2.14. The van der Waals surface area contributed by atoms with E-state index in [9.17, 15) is 13.2 Å². The summed E-state index contributed by atoms with van der Waals surface area (Å²) in [4.78, 5) is 11.0. The Bertz CT molecular complexity index is 706. The first kappa shape index (κ1) is 15.5. The molecule has 6 nitrogen and oxygen atoms in total. The Hall–Kier alpha value is -1.91. The van der Waals surface area contributed by atoms with Crippen molar-refractivity contribution in [2.75, 3.05) is 0 Å². The number of nitriles is 1. The highest BCUT2D eigenvalue weighted by molar-refractivity contribution is 7.89. The van der Waals surface area contributed by atoms with Crippen molar-refractivity contribution < 1.29 is 18.3 Å². The SMILES string of the molecule is Cc1ccc(C#N)cc1S(=O)(=O)N[C@@H]1CC[C@H](C(=O)O)C1. The highest BCUT2D eigenvalue weighted by atomic mass is 32.2. The van der Waals surface area contributed by atoms with Crippen LogP contribution in [0.3, 0.4) is 0 Å². The van der Waals surface area contributed by atoms with Crippen LogP contribution in [0.15, 0.2) is 23.1 Å². The maximum Gasteiger partial charge on any atom is 0.306 e. The normalized spacial score (nSPS) is 21.9. The van der Waals surface area contributed by atoms with Crippen LogP contribution in [-0.2, 0) is 14.8 Å². The van der Waals surface area contributed by atoms with Crippen LogP contribution < -0.4 is 4.72 Å². The lowest BCUT2D eigenvalue weighted by Crippen LogP contribution is -2.33. The minimum absolute atomic E-state index is 0.0697. The minimum Gasteiger partial charge on any atom is -0.481 e. The Kier molecular flexibility index (Phi) is 4.30. The zero-order valence-corrected chi connectivity index (χ0v) is 12.4. The van der Waals surface area contributed by atoms with Crippen LogP contribution in [0.1, 0.15) is 30.4 Å². The average molecular weight is 308 g/mol. The molecule has 1 aromatic carbocycles. The van der Waals surface area contributed by atoms with Gasteiger partial charge in [-0.25, -0.2) is 13.1 Å². The smallest absolute Gasteiger partial charge is 0.306 e. The Balaban J connectivity index is 2.20. The van der Waals surface area contributed by atoms with Gasteiger partial charge in [0.1, 0.15) is 0 Å². The number of nitrogens with one attached hydrogen (secondary N) is 1. The van der Waals surface area contributed by atoms with Gasteiger partial charge < -0.3 is 5.11 Å².